The fraction of sp³-hybridized carbons (Fsp3) is 0.240. The Morgan fingerprint density at radius 2 is 1.97 bits per heavy atom. The molecule has 1 aliphatic heterocycles. The Morgan fingerprint density at radius 3 is 2.68 bits per heavy atom. The van der Waals surface area contributed by atoms with Gasteiger partial charge in [-0.3, -0.25) is 14.2 Å². The third-order valence-corrected chi connectivity index (χ3v) is 7.06. The second-order valence-electron chi connectivity index (χ2n) is 8.19. The predicted octanol–water partition coefficient (Wildman–Crippen LogP) is 2.71. The molecule has 4 aromatic rings. The standard InChI is InChI=1S/C25H23N5O6S/c1-5-23(31)29-12-16-13-30(26-18(16)14-29)11-15-8-20(35-4)24-21(9-15)36-27-25(24)28-37(32)22-10-17(33-2)6-7-19(22)34-3/h1,6-10,13H,11-12,14H2,2-4H3,(H,27,28). The van der Waals surface area contributed by atoms with Gasteiger partial charge >= 0.3 is 0 Å². The van der Waals surface area contributed by atoms with E-state index in [9.17, 15) is 9.00 Å². The zero-order chi connectivity index (χ0) is 26.1. The summed E-state index contributed by atoms with van der Waals surface area (Å²) in [7, 11) is 2.84. The highest BCUT2D eigenvalue weighted by atomic mass is 32.2. The second-order valence-corrected chi connectivity index (χ2v) is 9.38. The fourth-order valence-electron chi connectivity index (χ4n) is 4.20. The highest BCUT2D eigenvalue weighted by molar-refractivity contribution is 7.86. The first-order chi connectivity index (χ1) is 17.9. The topological polar surface area (TPSA) is 121 Å². The highest BCUT2D eigenvalue weighted by Gasteiger charge is 2.26. The van der Waals surface area contributed by atoms with E-state index < -0.39 is 11.0 Å². The van der Waals surface area contributed by atoms with Crippen molar-refractivity contribution in [2.24, 2.45) is 0 Å². The minimum absolute atomic E-state index is 0.262. The molecule has 0 aliphatic carbocycles. The Morgan fingerprint density at radius 1 is 1.16 bits per heavy atom. The van der Waals surface area contributed by atoms with Crippen LogP contribution in [-0.2, 0) is 35.4 Å². The van der Waals surface area contributed by atoms with E-state index >= 15 is 0 Å². The minimum Gasteiger partial charge on any atom is -0.497 e. The maximum atomic E-state index is 13.2. The summed E-state index contributed by atoms with van der Waals surface area (Å²) in [5.74, 6) is 3.52. The van der Waals surface area contributed by atoms with E-state index in [2.05, 4.69) is 20.9 Å². The van der Waals surface area contributed by atoms with Crippen LogP contribution in [0.5, 0.6) is 17.2 Å². The first-order valence-electron chi connectivity index (χ1n) is 11.1. The zero-order valence-corrected chi connectivity index (χ0v) is 21.1. The molecule has 1 aliphatic rings. The van der Waals surface area contributed by atoms with Crippen LogP contribution in [0.3, 0.4) is 0 Å². The van der Waals surface area contributed by atoms with Crippen LogP contribution >= 0.6 is 0 Å². The van der Waals surface area contributed by atoms with Crippen LogP contribution in [0, 0.1) is 12.3 Å². The lowest BCUT2D eigenvalue weighted by atomic mass is 10.1. The van der Waals surface area contributed by atoms with E-state index in [1.54, 1.807) is 27.8 Å². The highest BCUT2D eigenvalue weighted by Crippen LogP contribution is 2.36. The van der Waals surface area contributed by atoms with Gasteiger partial charge in [0.15, 0.2) is 22.4 Å². The summed E-state index contributed by atoms with van der Waals surface area (Å²) < 4.78 is 39.6. The third kappa shape index (κ3) is 4.56. The van der Waals surface area contributed by atoms with E-state index in [1.807, 2.05) is 18.3 Å². The average Bonchev–Trinajstić information content (AvgIpc) is 3.61. The number of hydrogen-bond acceptors (Lipinski definition) is 8. The van der Waals surface area contributed by atoms with Crippen LogP contribution < -0.4 is 18.9 Å². The van der Waals surface area contributed by atoms with Crippen LogP contribution in [0.2, 0.25) is 0 Å². The van der Waals surface area contributed by atoms with E-state index in [0.717, 1.165) is 16.8 Å². The number of ether oxygens (including phenoxy) is 3. The summed E-state index contributed by atoms with van der Waals surface area (Å²) >= 11 is 0. The Balaban J connectivity index is 1.39. The van der Waals surface area contributed by atoms with Gasteiger partial charge in [-0.05, 0) is 35.7 Å². The summed E-state index contributed by atoms with van der Waals surface area (Å²) in [6.45, 7) is 1.27. The zero-order valence-electron chi connectivity index (χ0n) is 20.3. The summed E-state index contributed by atoms with van der Waals surface area (Å²) in [5.41, 5.74) is 3.09. The number of rotatable bonds is 8. The van der Waals surface area contributed by atoms with Gasteiger partial charge in [-0.1, -0.05) is 5.16 Å². The number of nitrogens with one attached hydrogen (secondary N) is 1. The monoisotopic (exact) mass is 521 g/mol. The molecule has 1 amide bonds. The number of anilines is 1. The number of hydrogen-bond donors (Lipinski definition) is 1. The van der Waals surface area contributed by atoms with Crippen molar-refractivity contribution < 1.29 is 27.7 Å². The van der Waals surface area contributed by atoms with Crippen molar-refractivity contribution in [3.05, 3.63) is 53.3 Å². The molecule has 1 unspecified atom stereocenters. The normalized spacial score (nSPS) is 13.2. The summed E-state index contributed by atoms with van der Waals surface area (Å²) in [6.07, 6.45) is 7.11. The number of nitrogens with zero attached hydrogens (tertiary/aromatic N) is 4. The van der Waals surface area contributed by atoms with Gasteiger partial charge in [-0.25, -0.2) is 4.21 Å². The number of methoxy groups -OCH3 is 3. The first kappa shape index (κ1) is 24.2. The molecule has 5 rings (SSSR count). The molecular weight excluding hydrogens is 498 g/mol. The molecule has 2 aromatic carbocycles. The number of fused-ring (bicyclic) bond motifs is 2. The molecule has 12 heteroatoms. The molecule has 0 spiro atoms. The van der Waals surface area contributed by atoms with Gasteiger partial charge in [0, 0.05) is 17.8 Å². The van der Waals surface area contributed by atoms with Gasteiger partial charge in [0.05, 0.1) is 46.7 Å². The maximum Gasteiger partial charge on any atom is 0.298 e. The summed E-state index contributed by atoms with van der Waals surface area (Å²) in [4.78, 5) is 13.7. The van der Waals surface area contributed by atoms with E-state index in [1.165, 1.54) is 21.3 Å². The summed E-state index contributed by atoms with van der Waals surface area (Å²) in [5, 5.41) is 9.22. The molecule has 11 nitrogen and oxygen atoms in total. The molecule has 2 aromatic heterocycles. The quantitative estimate of drug-likeness (QED) is 0.352. The maximum absolute atomic E-state index is 13.2. The molecule has 190 valence electrons. The number of terminal acetylenes is 1. The van der Waals surface area contributed by atoms with Gasteiger partial charge in [0.1, 0.15) is 27.5 Å². The number of carbonyl (C=O) groups excluding carboxylic acids is 1. The van der Waals surface area contributed by atoms with Crippen molar-refractivity contribution in [3.8, 4) is 29.6 Å². The van der Waals surface area contributed by atoms with Crippen molar-refractivity contribution in [2.75, 3.05) is 26.1 Å². The van der Waals surface area contributed by atoms with Crippen molar-refractivity contribution in [1.29, 1.82) is 0 Å². The number of amides is 1. The van der Waals surface area contributed by atoms with E-state index in [-0.39, 0.29) is 11.7 Å². The van der Waals surface area contributed by atoms with Crippen LogP contribution in [0.15, 0.2) is 45.9 Å². The Labute approximate surface area is 214 Å². The largest absolute Gasteiger partial charge is 0.497 e. The molecule has 1 atom stereocenters. The molecular formula is C25H23N5O6S. The van der Waals surface area contributed by atoms with E-state index in [4.69, 9.17) is 25.2 Å². The van der Waals surface area contributed by atoms with Gasteiger partial charge in [-0.15, -0.1) is 6.42 Å². The molecule has 0 saturated heterocycles. The van der Waals surface area contributed by atoms with Crippen molar-refractivity contribution in [1.82, 2.24) is 19.8 Å². The number of benzene rings is 2. The minimum atomic E-state index is -1.73. The van der Waals surface area contributed by atoms with Crippen molar-refractivity contribution in [2.45, 2.75) is 24.5 Å². The molecule has 0 bridgehead atoms. The molecule has 3 heterocycles. The molecule has 0 saturated carbocycles. The molecule has 37 heavy (non-hydrogen) atoms. The van der Waals surface area contributed by atoms with Gasteiger partial charge in [0.25, 0.3) is 5.91 Å². The Hall–Kier alpha value is -4.50. The van der Waals surface area contributed by atoms with Crippen LogP contribution in [-0.4, -0.2) is 51.3 Å². The Kier molecular flexibility index (Phi) is 6.45. The van der Waals surface area contributed by atoms with Crippen molar-refractivity contribution >= 4 is 33.7 Å². The SMILES string of the molecule is C#CC(=O)N1Cc2cn(Cc3cc(OC)c4c(NS(=O)c5cc(OC)ccc5OC)noc4c3)nc2C1. The smallest absolute Gasteiger partial charge is 0.298 e. The number of carbonyl (C=O) groups is 1. The van der Waals surface area contributed by atoms with Crippen molar-refractivity contribution in [3.63, 3.8) is 0 Å². The van der Waals surface area contributed by atoms with Crippen LogP contribution in [0.4, 0.5) is 5.82 Å². The lowest BCUT2D eigenvalue weighted by Gasteiger charge is -2.12. The fourth-order valence-corrected chi connectivity index (χ4v) is 5.18. The third-order valence-electron chi connectivity index (χ3n) is 5.96. The molecule has 0 radical (unpaired) electrons. The Bertz CT molecular complexity index is 1550. The van der Waals surface area contributed by atoms with Crippen LogP contribution in [0.1, 0.15) is 16.8 Å². The molecule has 0 fully saturated rings. The van der Waals surface area contributed by atoms with Crippen LogP contribution in [0.25, 0.3) is 11.0 Å². The van der Waals surface area contributed by atoms with Gasteiger partial charge < -0.3 is 23.6 Å². The van der Waals surface area contributed by atoms with Gasteiger partial charge in [0.2, 0.25) is 0 Å². The average molecular weight is 522 g/mol. The second kappa shape index (κ2) is 9.87. The molecule has 1 N–H and O–H groups in total. The lowest BCUT2D eigenvalue weighted by Crippen LogP contribution is -2.24. The predicted molar refractivity (Wildman–Crippen MR) is 135 cm³/mol. The van der Waals surface area contributed by atoms with E-state index in [0.29, 0.717) is 52.7 Å². The lowest BCUT2D eigenvalue weighted by molar-refractivity contribution is -0.125. The number of aromatic nitrogens is 3. The first-order valence-corrected chi connectivity index (χ1v) is 12.3. The van der Waals surface area contributed by atoms with Gasteiger partial charge in [-0.2, -0.15) is 5.10 Å². The summed E-state index contributed by atoms with van der Waals surface area (Å²) in [6, 6.07) is 8.70.